The highest BCUT2D eigenvalue weighted by Crippen LogP contribution is 2.35. The number of likely N-dealkylation sites (N-methyl/N-ethyl adjacent to an activating group) is 1. The van der Waals surface area contributed by atoms with Crippen molar-refractivity contribution in [1.82, 2.24) is 15.0 Å². The predicted molar refractivity (Wildman–Crippen MR) is 161 cm³/mol. The topological polar surface area (TPSA) is 119 Å². The molecule has 0 aliphatic heterocycles. The number of benzene rings is 3. The third kappa shape index (κ3) is 6.06. The first-order valence-electron chi connectivity index (χ1n) is 12.8. The van der Waals surface area contributed by atoms with Gasteiger partial charge >= 0.3 is 0 Å². The zero-order valence-electron chi connectivity index (χ0n) is 22.9. The van der Waals surface area contributed by atoms with Crippen molar-refractivity contribution in [1.29, 1.82) is 0 Å². The normalized spacial score (nSPS) is 11.5. The molecule has 0 bridgehead atoms. The second kappa shape index (κ2) is 12.0. The van der Waals surface area contributed by atoms with Gasteiger partial charge in [-0.05, 0) is 60.9 Å². The molecule has 2 heterocycles. The van der Waals surface area contributed by atoms with Crippen LogP contribution in [0.25, 0.3) is 22.6 Å². The van der Waals surface area contributed by atoms with Crippen LogP contribution in [0.15, 0.2) is 87.0 Å². The molecule has 9 nitrogen and oxygen atoms in total. The second-order valence-electron chi connectivity index (χ2n) is 9.66. The van der Waals surface area contributed by atoms with E-state index in [1.165, 1.54) is 23.4 Å². The number of hydrogen-bond donors (Lipinski definition) is 1. The number of sulfonamides is 1. The fourth-order valence-electron chi connectivity index (χ4n) is 4.43. The molecule has 5 aromatic rings. The van der Waals surface area contributed by atoms with Crippen LogP contribution in [0.2, 0.25) is 10.0 Å². The molecule has 0 radical (unpaired) electrons. The van der Waals surface area contributed by atoms with E-state index in [9.17, 15) is 13.2 Å². The van der Waals surface area contributed by atoms with Crippen molar-refractivity contribution < 1.29 is 22.2 Å². The molecule has 1 N–H and O–H groups in total. The van der Waals surface area contributed by atoms with E-state index in [0.717, 1.165) is 0 Å². The van der Waals surface area contributed by atoms with Gasteiger partial charge < -0.3 is 13.8 Å². The molecule has 0 saturated carbocycles. The summed E-state index contributed by atoms with van der Waals surface area (Å²) >= 11 is 12.6. The van der Waals surface area contributed by atoms with E-state index in [0.29, 0.717) is 55.0 Å². The number of carbonyl (C=O) groups excluding carboxylic acids is 1. The molecular formula is C30H26Cl2N4O5S. The van der Waals surface area contributed by atoms with Gasteiger partial charge in [-0.25, -0.2) is 18.1 Å². The molecule has 3 aromatic carbocycles. The van der Waals surface area contributed by atoms with Gasteiger partial charge in [-0.2, -0.15) is 0 Å². The summed E-state index contributed by atoms with van der Waals surface area (Å²) in [7, 11) is -2.43. The minimum absolute atomic E-state index is 0.00535. The maximum absolute atomic E-state index is 13.6. The van der Waals surface area contributed by atoms with Gasteiger partial charge in [0.25, 0.3) is 10.0 Å². The van der Waals surface area contributed by atoms with Crippen LogP contribution in [-0.4, -0.2) is 36.4 Å². The van der Waals surface area contributed by atoms with Crippen LogP contribution < -0.4 is 4.72 Å². The molecule has 0 saturated heterocycles. The summed E-state index contributed by atoms with van der Waals surface area (Å²) in [5, 5.41) is 4.65. The van der Waals surface area contributed by atoms with E-state index >= 15 is 0 Å². The molecule has 5 rings (SSSR count). The summed E-state index contributed by atoms with van der Waals surface area (Å²) < 4.78 is 40.4. The Morgan fingerprint density at radius 1 is 1.00 bits per heavy atom. The number of hydrogen-bond acceptors (Lipinski definition) is 7. The van der Waals surface area contributed by atoms with Crippen molar-refractivity contribution in [2.24, 2.45) is 0 Å². The quantitative estimate of drug-likeness (QED) is 0.189. The summed E-state index contributed by atoms with van der Waals surface area (Å²) in [6.45, 7) is 3.59. The van der Waals surface area contributed by atoms with Crippen LogP contribution in [0.4, 0.5) is 5.88 Å². The molecular weight excluding hydrogens is 599 g/mol. The molecule has 1 amide bonds. The highest BCUT2D eigenvalue weighted by atomic mass is 35.5. The zero-order chi connectivity index (χ0) is 30.0. The first-order valence-corrected chi connectivity index (χ1v) is 15.0. The maximum atomic E-state index is 13.6. The van der Waals surface area contributed by atoms with Gasteiger partial charge in [-0.15, -0.1) is 0 Å². The van der Waals surface area contributed by atoms with Crippen LogP contribution in [0.1, 0.15) is 22.4 Å². The van der Waals surface area contributed by atoms with Crippen molar-refractivity contribution >= 4 is 45.0 Å². The number of rotatable bonds is 9. The van der Waals surface area contributed by atoms with E-state index in [-0.39, 0.29) is 29.7 Å². The van der Waals surface area contributed by atoms with Crippen molar-refractivity contribution in [3.05, 3.63) is 106 Å². The number of aromatic nitrogens is 2. The van der Waals surface area contributed by atoms with Crippen molar-refractivity contribution in [2.75, 3.05) is 11.8 Å². The summed E-state index contributed by atoms with van der Waals surface area (Å²) in [6, 6.07) is 17.1. The number of carbonyl (C=O) groups is 1. The molecule has 2 aromatic heterocycles. The van der Waals surface area contributed by atoms with Gasteiger partial charge in [0, 0.05) is 40.3 Å². The Morgan fingerprint density at radius 2 is 1.74 bits per heavy atom. The van der Waals surface area contributed by atoms with Gasteiger partial charge in [-0.1, -0.05) is 58.7 Å². The van der Waals surface area contributed by atoms with Crippen LogP contribution in [0, 0.1) is 13.8 Å². The van der Waals surface area contributed by atoms with Crippen LogP contribution >= 0.6 is 23.2 Å². The van der Waals surface area contributed by atoms with Crippen molar-refractivity contribution in [3.8, 4) is 22.6 Å². The summed E-state index contributed by atoms with van der Waals surface area (Å²) in [4.78, 5) is 19.1. The third-order valence-electron chi connectivity index (χ3n) is 6.86. The highest BCUT2D eigenvalue weighted by Gasteiger charge is 2.25. The summed E-state index contributed by atoms with van der Waals surface area (Å²) in [5.74, 6) is 0.208. The number of oxazole rings is 1. The number of amides is 1. The van der Waals surface area contributed by atoms with Crippen LogP contribution in [0.5, 0.6) is 0 Å². The molecule has 0 unspecified atom stereocenters. The minimum Gasteiger partial charge on any atom is -0.445 e. The van der Waals surface area contributed by atoms with Gasteiger partial charge in [0.05, 0.1) is 23.2 Å². The lowest BCUT2D eigenvalue weighted by Crippen LogP contribution is -2.28. The van der Waals surface area contributed by atoms with E-state index in [1.54, 1.807) is 69.4 Å². The summed E-state index contributed by atoms with van der Waals surface area (Å²) in [6.07, 6.45) is 2.99. The van der Waals surface area contributed by atoms with Gasteiger partial charge in [0.2, 0.25) is 17.7 Å². The van der Waals surface area contributed by atoms with E-state index in [1.807, 2.05) is 6.07 Å². The Hall–Kier alpha value is -4.12. The number of halogens is 2. The monoisotopic (exact) mass is 624 g/mol. The van der Waals surface area contributed by atoms with E-state index in [2.05, 4.69) is 14.9 Å². The smallest absolute Gasteiger partial charge is 0.264 e. The minimum atomic E-state index is -4.09. The second-order valence-corrected chi connectivity index (χ2v) is 12.1. The largest absolute Gasteiger partial charge is 0.445 e. The Morgan fingerprint density at radius 3 is 2.40 bits per heavy atom. The molecule has 0 atom stereocenters. The molecule has 0 fully saturated rings. The van der Waals surface area contributed by atoms with Crippen molar-refractivity contribution in [3.63, 3.8) is 0 Å². The lowest BCUT2D eigenvalue weighted by Gasteiger charge is -2.21. The molecule has 0 aliphatic rings. The Balaban J connectivity index is 1.54. The number of anilines is 1. The fourth-order valence-corrected chi connectivity index (χ4v) is 6.23. The maximum Gasteiger partial charge on any atom is 0.264 e. The van der Waals surface area contributed by atoms with E-state index < -0.39 is 10.0 Å². The Kier molecular flexibility index (Phi) is 8.40. The van der Waals surface area contributed by atoms with Gasteiger partial charge in [0.1, 0.15) is 6.26 Å². The number of aryl methyl sites for hydroxylation is 1. The van der Waals surface area contributed by atoms with Crippen LogP contribution in [-0.2, 0) is 27.8 Å². The van der Waals surface area contributed by atoms with Gasteiger partial charge in [-0.3, -0.25) is 4.79 Å². The highest BCUT2D eigenvalue weighted by molar-refractivity contribution is 7.92. The molecule has 12 heteroatoms. The number of nitrogens with zero attached hydrogens (tertiary/aromatic N) is 3. The summed E-state index contributed by atoms with van der Waals surface area (Å²) in [5.41, 5.74) is 4.07. The average Bonchev–Trinajstić information content (AvgIpc) is 3.61. The first-order chi connectivity index (χ1) is 20.0. The van der Waals surface area contributed by atoms with Crippen LogP contribution in [0.3, 0.4) is 0 Å². The van der Waals surface area contributed by atoms with Gasteiger partial charge in [0.15, 0.2) is 0 Å². The molecule has 42 heavy (non-hydrogen) atoms. The fraction of sp³-hybridized carbons (Fsp3) is 0.167. The lowest BCUT2D eigenvalue weighted by atomic mass is 9.96. The average molecular weight is 626 g/mol. The Labute approximate surface area is 253 Å². The van der Waals surface area contributed by atoms with E-state index in [4.69, 9.17) is 32.1 Å². The SMILES string of the molecule is Cc1noc(NS(=O)(=O)c2ccccc2-c2ccc(-c3ncco3)cc2CN(C)C(=O)Cc2c(Cl)cccc2Cl)c1C. The lowest BCUT2D eigenvalue weighted by molar-refractivity contribution is -0.129. The third-order valence-corrected chi connectivity index (χ3v) is 8.96. The Bertz CT molecular complexity index is 1850. The molecule has 0 spiro atoms. The zero-order valence-corrected chi connectivity index (χ0v) is 25.2. The predicted octanol–water partition coefficient (Wildman–Crippen LogP) is 6.92. The molecule has 216 valence electrons. The van der Waals surface area contributed by atoms with Crippen molar-refractivity contribution in [2.45, 2.75) is 31.7 Å². The first kappa shape index (κ1) is 29.4. The standard InChI is InChI=1S/C30H26Cl2N4O5S/c1-18-19(2)34-41-29(18)35-42(38,39)27-10-5-4-7-23(27)22-12-11-20(30-33-13-14-40-30)15-21(22)17-36(3)28(37)16-24-25(31)8-6-9-26(24)32/h4-15,35H,16-17H2,1-3H3. The number of nitrogens with one attached hydrogen (secondary N) is 1. The molecule has 0 aliphatic carbocycles.